The van der Waals surface area contributed by atoms with Gasteiger partial charge in [-0.05, 0) is 30.5 Å². The Hall–Kier alpha value is -3.16. The van der Waals surface area contributed by atoms with Gasteiger partial charge in [-0.25, -0.2) is 8.42 Å². The summed E-state index contributed by atoms with van der Waals surface area (Å²) in [7, 11) is -3.61. The van der Waals surface area contributed by atoms with Crippen molar-refractivity contribution in [1.29, 1.82) is 0 Å². The van der Waals surface area contributed by atoms with Crippen molar-refractivity contribution in [2.24, 2.45) is 0 Å². The Kier molecular flexibility index (Phi) is 11.2. The van der Waals surface area contributed by atoms with Gasteiger partial charge in [0.1, 0.15) is 11.4 Å². The van der Waals surface area contributed by atoms with Crippen LogP contribution in [0.1, 0.15) is 31.2 Å². The standard InChI is InChI=1S/C28H37N5O6S/c34-27-25(26(28(27)35)31-24-10-13-29-14-11-24)30-12-6-1-2-7-21-40(36,37)33(16-15-32-17-19-38-20-18-32)39-22-23-8-4-3-5-9-23/h3-5,8-11,13-14,30H,1-2,6-7,12,15-22H2,(H,29,31). The summed E-state index contributed by atoms with van der Waals surface area (Å²) in [5.41, 5.74) is 1.05. The number of anilines is 3. The van der Waals surface area contributed by atoms with Crippen molar-refractivity contribution < 1.29 is 18.0 Å². The number of hydrogen-bond donors (Lipinski definition) is 2. The van der Waals surface area contributed by atoms with Crippen LogP contribution in [0.25, 0.3) is 0 Å². The van der Waals surface area contributed by atoms with E-state index in [1.165, 1.54) is 0 Å². The lowest BCUT2D eigenvalue weighted by molar-refractivity contribution is -0.101. The fourth-order valence-corrected chi connectivity index (χ4v) is 5.74. The predicted octanol–water partition coefficient (Wildman–Crippen LogP) is 2.49. The Morgan fingerprint density at radius 1 is 0.925 bits per heavy atom. The van der Waals surface area contributed by atoms with Crippen LogP contribution in [-0.4, -0.2) is 74.5 Å². The fourth-order valence-electron chi connectivity index (χ4n) is 4.39. The third-order valence-electron chi connectivity index (χ3n) is 6.72. The van der Waals surface area contributed by atoms with E-state index in [2.05, 4.69) is 20.5 Å². The Morgan fingerprint density at radius 3 is 2.38 bits per heavy atom. The SMILES string of the molecule is O=c1c(NCCCCCCS(=O)(=O)N(CCN2CCOCC2)OCc2ccccc2)c(Nc2ccncc2)c1=O. The first-order chi connectivity index (χ1) is 19.4. The number of ether oxygens (including phenoxy) is 1. The minimum absolute atomic E-state index is 0.00350. The number of hydrogen-bond acceptors (Lipinski definition) is 10. The van der Waals surface area contributed by atoms with Crippen LogP contribution in [0.2, 0.25) is 0 Å². The number of pyridine rings is 1. The number of aromatic nitrogens is 1. The predicted molar refractivity (Wildman–Crippen MR) is 155 cm³/mol. The van der Waals surface area contributed by atoms with Crippen molar-refractivity contribution in [1.82, 2.24) is 14.4 Å². The first-order valence-corrected chi connectivity index (χ1v) is 15.3. The molecule has 12 heteroatoms. The molecule has 0 aliphatic carbocycles. The lowest BCUT2D eigenvalue weighted by Gasteiger charge is -2.29. The molecule has 4 rings (SSSR count). The van der Waals surface area contributed by atoms with Crippen LogP contribution in [0.5, 0.6) is 0 Å². The summed E-state index contributed by atoms with van der Waals surface area (Å²) in [6, 6.07) is 12.9. The van der Waals surface area contributed by atoms with Crippen molar-refractivity contribution in [3.8, 4) is 0 Å². The molecule has 0 radical (unpaired) electrons. The smallest absolute Gasteiger partial charge is 0.253 e. The number of nitrogens with one attached hydrogen (secondary N) is 2. The largest absolute Gasteiger partial charge is 0.380 e. The van der Waals surface area contributed by atoms with E-state index in [1.54, 1.807) is 24.5 Å². The van der Waals surface area contributed by atoms with E-state index in [0.29, 0.717) is 44.8 Å². The Balaban J connectivity index is 1.20. The van der Waals surface area contributed by atoms with Gasteiger partial charge in [-0.15, -0.1) is 0 Å². The summed E-state index contributed by atoms with van der Waals surface area (Å²) >= 11 is 0. The quantitative estimate of drug-likeness (QED) is 0.142. The Labute approximate surface area is 234 Å². The van der Waals surface area contributed by atoms with Crippen LogP contribution in [-0.2, 0) is 26.2 Å². The molecular weight excluding hydrogens is 534 g/mol. The van der Waals surface area contributed by atoms with Gasteiger partial charge in [-0.2, -0.15) is 0 Å². The molecule has 0 spiro atoms. The highest BCUT2D eigenvalue weighted by Crippen LogP contribution is 2.20. The second-order valence-corrected chi connectivity index (χ2v) is 11.6. The van der Waals surface area contributed by atoms with Gasteiger partial charge in [0.25, 0.3) is 10.9 Å². The minimum atomic E-state index is -3.61. The number of sulfonamides is 1. The van der Waals surface area contributed by atoms with Crippen molar-refractivity contribution in [3.63, 3.8) is 0 Å². The van der Waals surface area contributed by atoms with Crippen LogP contribution in [0.4, 0.5) is 17.1 Å². The molecule has 2 N–H and O–H groups in total. The van der Waals surface area contributed by atoms with Crippen LogP contribution in [0, 0.1) is 0 Å². The second-order valence-electron chi connectivity index (χ2n) is 9.67. The van der Waals surface area contributed by atoms with Crippen molar-refractivity contribution in [3.05, 3.63) is 80.9 Å². The Bertz CT molecular complexity index is 1360. The van der Waals surface area contributed by atoms with E-state index in [-0.39, 0.29) is 30.3 Å². The second kappa shape index (κ2) is 15.0. The van der Waals surface area contributed by atoms with Gasteiger partial charge in [-0.1, -0.05) is 47.6 Å². The maximum absolute atomic E-state index is 13.2. The van der Waals surface area contributed by atoms with Gasteiger partial charge < -0.3 is 15.4 Å². The lowest BCUT2D eigenvalue weighted by Crippen LogP contribution is -2.43. The first-order valence-electron chi connectivity index (χ1n) is 13.7. The van der Waals surface area contributed by atoms with Gasteiger partial charge in [0, 0.05) is 44.3 Å². The van der Waals surface area contributed by atoms with Crippen molar-refractivity contribution >= 4 is 27.1 Å². The van der Waals surface area contributed by atoms with Crippen LogP contribution >= 0.6 is 0 Å². The topological polar surface area (TPSA) is 130 Å². The molecule has 3 aromatic rings. The maximum atomic E-state index is 13.2. The first kappa shape index (κ1) is 29.8. The van der Waals surface area contributed by atoms with Crippen LogP contribution in [0.3, 0.4) is 0 Å². The molecule has 2 heterocycles. The molecule has 0 bridgehead atoms. The average Bonchev–Trinajstić information content (AvgIpc) is 2.99. The highest BCUT2D eigenvalue weighted by atomic mass is 32.2. The summed E-state index contributed by atoms with van der Waals surface area (Å²) in [6.07, 6.45) is 5.92. The molecule has 0 unspecified atom stereocenters. The molecule has 0 amide bonds. The number of morpholine rings is 1. The van der Waals surface area contributed by atoms with Crippen LogP contribution < -0.4 is 21.5 Å². The number of benzene rings is 1. The summed E-state index contributed by atoms with van der Waals surface area (Å²) < 4.78 is 32.9. The molecule has 1 aliphatic rings. The van der Waals surface area contributed by atoms with Crippen molar-refractivity contribution in [2.75, 3.05) is 62.3 Å². The van der Waals surface area contributed by atoms with E-state index >= 15 is 0 Å². The minimum Gasteiger partial charge on any atom is -0.380 e. The number of nitrogens with zero attached hydrogens (tertiary/aromatic N) is 3. The molecule has 1 aromatic heterocycles. The van der Waals surface area contributed by atoms with Gasteiger partial charge in [0.15, 0.2) is 0 Å². The van der Waals surface area contributed by atoms with E-state index < -0.39 is 20.9 Å². The number of unbranched alkanes of at least 4 members (excludes halogenated alkanes) is 3. The molecule has 40 heavy (non-hydrogen) atoms. The Morgan fingerprint density at radius 2 is 1.62 bits per heavy atom. The highest BCUT2D eigenvalue weighted by Gasteiger charge is 2.24. The molecule has 1 aliphatic heterocycles. The molecule has 11 nitrogen and oxygen atoms in total. The number of hydroxylamine groups is 1. The van der Waals surface area contributed by atoms with Crippen molar-refractivity contribution in [2.45, 2.75) is 32.3 Å². The lowest BCUT2D eigenvalue weighted by atomic mass is 10.1. The van der Waals surface area contributed by atoms with Gasteiger partial charge in [0.2, 0.25) is 10.0 Å². The molecule has 0 saturated carbocycles. The van der Waals surface area contributed by atoms with Gasteiger partial charge in [0.05, 0.1) is 32.1 Å². The summed E-state index contributed by atoms with van der Waals surface area (Å²) in [4.78, 5) is 35.9. The molecule has 0 atom stereocenters. The van der Waals surface area contributed by atoms with E-state index in [0.717, 1.165) is 36.0 Å². The van der Waals surface area contributed by atoms with Gasteiger partial charge in [-0.3, -0.25) is 24.3 Å². The molecular formula is C28H37N5O6S. The van der Waals surface area contributed by atoms with Crippen LogP contribution in [0.15, 0.2) is 64.4 Å². The average molecular weight is 572 g/mol. The summed E-state index contributed by atoms with van der Waals surface area (Å²) in [5, 5.41) is 6.01. The van der Waals surface area contributed by atoms with Gasteiger partial charge >= 0.3 is 0 Å². The normalized spacial score (nSPS) is 14.5. The van der Waals surface area contributed by atoms with E-state index in [1.807, 2.05) is 30.3 Å². The highest BCUT2D eigenvalue weighted by molar-refractivity contribution is 7.88. The zero-order chi connectivity index (χ0) is 28.2. The molecule has 216 valence electrons. The summed E-state index contributed by atoms with van der Waals surface area (Å²) in [5.74, 6) is -0.00350. The summed E-state index contributed by atoms with van der Waals surface area (Å²) in [6.45, 7) is 4.39. The molecule has 1 saturated heterocycles. The van der Waals surface area contributed by atoms with E-state index in [9.17, 15) is 18.0 Å². The molecule has 1 fully saturated rings. The monoisotopic (exact) mass is 571 g/mol. The zero-order valence-corrected chi connectivity index (χ0v) is 23.4. The fraction of sp³-hybridized carbons (Fsp3) is 0.464. The third kappa shape index (κ3) is 8.67. The molecule has 2 aromatic carbocycles. The maximum Gasteiger partial charge on any atom is 0.253 e. The van der Waals surface area contributed by atoms with E-state index in [4.69, 9.17) is 9.57 Å². The number of rotatable bonds is 17. The zero-order valence-electron chi connectivity index (χ0n) is 22.6. The third-order valence-corrected chi connectivity index (χ3v) is 8.43.